The minimum atomic E-state index is 1.10. The fourth-order valence-electron chi connectivity index (χ4n) is 10.1. The fourth-order valence-corrected chi connectivity index (χ4v) is 10.1. The van der Waals surface area contributed by atoms with Gasteiger partial charge in [0.15, 0.2) is 0 Å². The van der Waals surface area contributed by atoms with Crippen molar-refractivity contribution in [3.63, 3.8) is 0 Å². The van der Waals surface area contributed by atoms with E-state index in [1.165, 1.54) is 93.3 Å². The summed E-state index contributed by atoms with van der Waals surface area (Å²) in [6.07, 6.45) is 0. The second-order valence-electron chi connectivity index (χ2n) is 16.6. The lowest BCUT2D eigenvalue weighted by atomic mass is 10.0. The fraction of sp³-hybridized carbons (Fsp3) is 0. The van der Waals surface area contributed by atoms with Crippen molar-refractivity contribution in [2.75, 3.05) is 4.90 Å². The molecule has 63 heavy (non-hydrogen) atoms. The van der Waals surface area contributed by atoms with Gasteiger partial charge in [0.2, 0.25) is 0 Å². The largest absolute Gasteiger partial charge is 0.310 e. The maximum absolute atomic E-state index is 2.47. The molecule has 0 bridgehead atoms. The Labute approximate surface area is 364 Å². The Morgan fingerprint density at radius 2 is 0.714 bits per heavy atom. The molecular formula is C60H39N3. The standard InChI is InChI=1S/C60H39N3/c1-4-13-40(14-5-1)42-23-29-47(30-24-42)61(48-31-25-43(26-32-48)41-15-6-2-7-16-41)49-33-36-58-55(39-49)54-37-44(28-35-57(54)62(58)46-17-8-3-9-18-46)45-27-34-51-53-21-12-20-52-50-19-10-11-22-56(50)63(60(52)53)59(51)38-45/h1-39H. The summed E-state index contributed by atoms with van der Waals surface area (Å²) in [6.45, 7) is 0. The van der Waals surface area contributed by atoms with Crippen LogP contribution in [0.5, 0.6) is 0 Å². The summed E-state index contributed by atoms with van der Waals surface area (Å²) in [4.78, 5) is 2.39. The van der Waals surface area contributed by atoms with Crippen LogP contribution in [0.2, 0.25) is 0 Å². The zero-order chi connectivity index (χ0) is 41.4. The minimum absolute atomic E-state index is 1.10. The van der Waals surface area contributed by atoms with E-state index in [4.69, 9.17) is 0 Å². The van der Waals surface area contributed by atoms with Gasteiger partial charge in [-0.3, -0.25) is 0 Å². The second kappa shape index (κ2) is 14.1. The number of fused-ring (bicyclic) bond motifs is 9. The third-order valence-corrected chi connectivity index (χ3v) is 13.0. The van der Waals surface area contributed by atoms with Gasteiger partial charge >= 0.3 is 0 Å². The molecule has 0 atom stereocenters. The summed E-state index contributed by atoms with van der Waals surface area (Å²) in [5, 5.41) is 7.60. The maximum atomic E-state index is 2.47. The summed E-state index contributed by atoms with van der Waals surface area (Å²) >= 11 is 0. The highest BCUT2D eigenvalue weighted by Gasteiger charge is 2.20. The zero-order valence-electron chi connectivity index (χ0n) is 34.4. The smallest absolute Gasteiger partial charge is 0.0620 e. The van der Waals surface area contributed by atoms with Crippen molar-refractivity contribution in [2.24, 2.45) is 0 Å². The van der Waals surface area contributed by atoms with E-state index in [2.05, 4.69) is 250 Å². The number of nitrogens with zero attached hydrogens (tertiary/aromatic N) is 3. The molecule has 3 heteroatoms. The van der Waals surface area contributed by atoms with E-state index in [9.17, 15) is 0 Å². The quantitative estimate of drug-likeness (QED) is 0.156. The molecule has 0 saturated heterocycles. The van der Waals surface area contributed by atoms with Crippen LogP contribution in [0, 0.1) is 0 Å². The molecule has 3 aromatic heterocycles. The number of hydrogen-bond acceptors (Lipinski definition) is 1. The van der Waals surface area contributed by atoms with Crippen LogP contribution < -0.4 is 4.90 Å². The van der Waals surface area contributed by atoms with Crippen molar-refractivity contribution in [2.45, 2.75) is 0 Å². The van der Waals surface area contributed by atoms with E-state index < -0.39 is 0 Å². The van der Waals surface area contributed by atoms with Crippen molar-refractivity contribution in [3.8, 4) is 39.1 Å². The molecular weight excluding hydrogens is 763 g/mol. The van der Waals surface area contributed by atoms with E-state index in [0.29, 0.717) is 0 Å². The lowest BCUT2D eigenvalue weighted by Crippen LogP contribution is -2.10. The SMILES string of the molecule is c1ccc(-c2ccc(N(c3ccc(-c4ccccc4)cc3)c3ccc4c(c3)c3cc(-c5ccc6c7cccc8c9ccccc9n(c6c5)c87)ccc3n4-c3ccccc3)cc2)cc1. The lowest BCUT2D eigenvalue weighted by Gasteiger charge is -2.26. The number of aromatic nitrogens is 2. The molecule has 0 unspecified atom stereocenters. The van der Waals surface area contributed by atoms with Crippen molar-refractivity contribution in [3.05, 3.63) is 237 Å². The predicted octanol–water partition coefficient (Wildman–Crippen LogP) is 16.4. The number of anilines is 3. The molecule has 0 aliphatic rings. The first-order chi connectivity index (χ1) is 31.2. The molecule has 294 valence electrons. The van der Waals surface area contributed by atoms with Crippen LogP contribution in [0.4, 0.5) is 17.1 Å². The molecule has 10 aromatic carbocycles. The van der Waals surface area contributed by atoms with Gasteiger partial charge in [-0.1, -0.05) is 158 Å². The Hall–Kier alpha value is -8.40. The molecule has 0 aliphatic heterocycles. The van der Waals surface area contributed by atoms with Crippen molar-refractivity contribution < 1.29 is 0 Å². The average molecular weight is 802 g/mol. The predicted molar refractivity (Wildman–Crippen MR) is 266 cm³/mol. The molecule has 3 nitrogen and oxygen atoms in total. The Balaban J connectivity index is 1.00. The number of para-hydroxylation sites is 3. The molecule has 0 saturated carbocycles. The van der Waals surface area contributed by atoms with Crippen LogP contribution in [-0.2, 0) is 0 Å². The van der Waals surface area contributed by atoms with Gasteiger partial charge in [-0.05, 0) is 112 Å². The highest BCUT2D eigenvalue weighted by atomic mass is 15.1. The van der Waals surface area contributed by atoms with E-state index in [1.807, 2.05) is 0 Å². The van der Waals surface area contributed by atoms with Crippen LogP contribution >= 0.6 is 0 Å². The summed E-state index contributed by atoms with van der Waals surface area (Å²) < 4.78 is 4.88. The lowest BCUT2D eigenvalue weighted by molar-refractivity contribution is 1.18. The highest BCUT2D eigenvalue weighted by molar-refractivity contribution is 6.23. The Kier molecular flexibility index (Phi) is 7.91. The Morgan fingerprint density at radius 1 is 0.254 bits per heavy atom. The molecule has 0 radical (unpaired) electrons. The Morgan fingerprint density at radius 3 is 1.37 bits per heavy atom. The second-order valence-corrected chi connectivity index (χ2v) is 16.6. The zero-order valence-corrected chi connectivity index (χ0v) is 34.4. The van der Waals surface area contributed by atoms with E-state index in [0.717, 1.165) is 22.7 Å². The molecule has 0 aliphatic carbocycles. The van der Waals surface area contributed by atoms with Crippen molar-refractivity contribution >= 4 is 77.0 Å². The number of benzene rings is 10. The first-order valence-electron chi connectivity index (χ1n) is 21.7. The first-order valence-corrected chi connectivity index (χ1v) is 21.7. The van der Waals surface area contributed by atoms with Gasteiger partial charge in [-0.25, -0.2) is 0 Å². The van der Waals surface area contributed by atoms with E-state index in [-0.39, 0.29) is 0 Å². The summed E-state index contributed by atoms with van der Waals surface area (Å²) in [6, 6.07) is 86.4. The molecule has 3 heterocycles. The summed E-state index contributed by atoms with van der Waals surface area (Å²) in [5.74, 6) is 0. The maximum Gasteiger partial charge on any atom is 0.0620 e. The monoisotopic (exact) mass is 801 g/mol. The molecule has 0 N–H and O–H groups in total. The third kappa shape index (κ3) is 5.60. The van der Waals surface area contributed by atoms with Gasteiger partial charge < -0.3 is 13.9 Å². The van der Waals surface area contributed by atoms with Gasteiger partial charge in [0.05, 0.1) is 27.6 Å². The first kappa shape index (κ1) is 35.4. The van der Waals surface area contributed by atoms with Crippen LogP contribution in [0.25, 0.3) is 99.0 Å². The minimum Gasteiger partial charge on any atom is -0.310 e. The average Bonchev–Trinajstić information content (AvgIpc) is 4.00. The molecule has 0 amide bonds. The van der Waals surface area contributed by atoms with E-state index in [1.54, 1.807) is 0 Å². The Bertz CT molecular complexity index is 3720. The van der Waals surface area contributed by atoms with Crippen LogP contribution in [0.1, 0.15) is 0 Å². The number of hydrogen-bond donors (Lipinski definition) is 0. The number of rotatable bonds is 7. The topological polar surface area (TPSA) is 12.6 Å². The van der Waals surface area contributed by atoms with Crippen molar-refractivity contribution in [1.82, 2.24) is 8.97 Å². The van der Waals surface area contributed by atoms with Crippen LogP contribution in [-0.4, -0.2) is 8.97 Å². The summed E-state index contributed by atoms with van der Waals surface area (Å²) in [5.41, 5.74) is 17.7. The molecule has 13 rings (SSSR count). The third-order valence-electron chi connectivity index (χ3n) is 13.0. The molecule has 0 spiro atoms. The van der Waals surface area contributed by atoms with Crippen LogP contribution in [0.15, 0.2) is 237 Å². The van der Waals surface area contributed by atoms with Gasteiger partial charge in [0, 0.05) is 55.1 Å². The van der Waals surface area contributed by atoms with Gasteiger partial charge in [0.25, 0.3) is 0 Å². The normalized spacial score (nSPS) is 11.8. The molecule has 0 fully saturated rings. The van der Waals surface area contributed by atoms with Gasteiger partial charge in [0.1, 0.15) is 0 Å². The van der Waals surface area contributed by atoms with Crippen molar-refractivity contribution in [1.29, 1.82) is 0 Å². The molecule has 13 aromatic rings. The van der Waals surface area contributed by atoms with Gasteiger partial charge in [-0.15, -0.1) is 0 Å². The van der Waals surface area contributed by atoms with Crippen LogP contribution in [0.3, 0.4) is 0 Å². The van der Waals surface area contributed by atoms with E-state index >= 15 is 0 Å². The van der Waals surface area contributed by atoms with Gasteiger partial charge in [-0.2, -0.15) is 0 Å². The summed E-state index contributed by atoms with van der Waals surface area (Å²) in [7, 11) is 0. The highest BCUT2D eigenvalue weighted by Crippen LogP contribution is 2.44.